The molecular formula is C50H56ClN10O12P. The van der Waals surface area contributed by atoms with Crippen LogP contribution in [0.4, 0.5) is 21.9 Å². The zero-order valence-electron chi connectivity index (χ0n) is 40.3. The second-order valence-electron chi connectivity index (χ2n) is 18.0. The van der Waals surface area contributed by atoms with Crippen molar-refractivity contribution in [3.05, 3.63) is 108 Å². The molecule has 3 heterocycles. The summed E-state index contributed by atoms with van der Waals surface area (Å²) < 4.78 is 17.0. The molecule has 0 unspecified atom stereocenters. The lowest BCUT2D eigenvalue weighted by Crippen LogP contribution is -2.54. The van der Waals surface area contributed by atoms with Crippen LogP contribution in [0.1, 0.15) is 71.9 Å². The van der Waals surface area contributed by atoms with Gasteiger partial charge in [-0.2, -0.15) is 0 Å². The van der Waals surface area contributed by atoms with Gasteiger partial charge >= 0.3 is 13.9 Å². The van der Waals surface area contributed by atoms with E-state index in [9.17, 15) is 52.7 Å². The number of aromatic amines is 1. The first-order chi connectivity index (χ1) is 35.3. The molecule has 11 N–H and O–H groups in total. The second kappa shape index (κ2) is 23.9. The van der Waals surface area contributed by atoms with Crippen molar-refractivity contribution in [2.75, 3.05) is 54.1 Å². The summed E-state index contributed by atoms with van der Waals surface area (Å²) in [5.41, 5.74) is 8.18. The molecular weight excluding hydrogens is 999 g/mol. The lowest BCUT2D eigenvalue weighted by atomic mass is 9.95. The van der Waals surface area contributed by atoms with Gasteiger partial charge in [0.2, 0.25) is 17.7 Å². The van der Waals surface area contributed by atoms with Gasteiger partial charge in [-0.25, -0.2) is 9.36 Å². The molecule has 74 heavy (non-hydrogen) atoms. The topological polar surface area (TPSA) is 324 Å². The fraction of sp³-hybridized carbons (Fsp3) is 0.320. The number of hydrogen-bond acceptors (Lipinski definition) is 11. The van der Waals surface area contributed by atoms with E-state index in [-0.39, 0.29) is 99.0 Å². The third kappa shape index (κ3) is 13.5. The number of amides is 9. The van der Waals surface area contributed by atoms with Gasteiger partial charge in [-0.3, -0.25) is 48.2 Å². The number of nitrogens with two attached hydrogens (primary N) is 1. The maximum absolute atomic E-state index is 14.2. The number of imide groups is 1. The maximum atomic E-state index is 14.2. The second-order valence-corrected chi connectivity index (χ2v) is 19.5. The minimum atomic E-state index is -4.96. The summed E-state index contributed by atoms with van der Waals surface area (Å²) in [5.74, 6) is -3.48. The summed E-state index contributed by atoms with van der Waals surface area (Å²) in [6, 6.07) is 18.6. The van der Waals surface area contributed by atoms with Crippen LogP contribution in [0.25, 0.3) is 21.7 Å². The van der Waals surface area contributed by atoms with E-state index in [1.54, 1.807) is 48.5 Å². The van der Waals surface area contributed by atoms with Gasteiger partial charge in [0.25, 0.3) is 23.6 Å². The van der Waals surface area contributed by atoms with E-state index in [0.717, 1.165) is 10.5 Å². The van der Waals surface area contributed by atoms with Gasteiger partial charge in [0.1, 0.15) is 17.5 Å². The molecule has 0 saturated carbocycles. The average Bonchev–Trinajstić information content (AvgIpc) is 4.05. The fourth-order valence-corrected chi connectivity index (χ4v) is 9.45. The van der Waals surface area contributed by atoms with E-state index in [1.165, 1.54) is 47.4 Å². The molecule has 0 saturated heterocycles. The summed E-state index contributed by atoms with van der Waals surface area (Å²) >= 11 is 6.41. The van der Waals surface area contributed by atoms with Crippen LogP contribution in [-0.2, 0) is 28.5 Å². The quantitative estimate of drug-likeness (QED) is 0.0189. The van der Waals surface area contributed by atoms with E-state index in [4.69, 9.17) is 21.9 Å². The molecule has 0 bridgehead atoms. The molecule has 9 amide bonds. The van der Waals surface area contributed by atoms with Crippen LogP contribution >= 0.6 is 19.4 Å². The van der Waals surface area contributed by atoms with Crippen molar-refractivity contribution in [3.8, 4) is 5.75 Å². The van der Waals surface area contributed by atoms with Crippen LogP contribution in [-0.4, -0.2) is 118 Å². The van der Waals surface area contributed by atoms with Crippen molar-refractivity contribution in [1.29, 1.82) is 0 Å². The van der Waals surface area contributed by atoms with E-state index < -0.39 is 61.4 Å². The molecule has 0 radical (unpaired) electrons. The van der Waals surface area contributed by atoms with Crippen molar-refractivity contribution in [3.63, 3.8) is 0 Å². The van der Waals surface area contributed by atoms with Crippen molar-refractivity contribution in [2.45, 2.75) is 57.5 Å². The maximum Gasteiger partial charge on any atom is 0.524 e. The predicted molar refractivity (Wildman–Crippen MR) is 277 cm³/mol. The van der Waals surface area contributed by atoms with E-state index >= 15 is 0 Å². The van der Waals surface area contributed by atoms with Gasteiger partial charge in [-0.1, -0.05) is 38.1 Å². The van der Waals surface area contributed by atoms with Crippen molar-refractivity contribution in [1.82, 2.24) is 31.2 Å². The summed E-state index contributed by atoms with van der Waals surface area (Å²) in [6.07, 6.45) is 3.15. The number of nitrogens with one attached hydrogen (secondary N) is 7. The molecule has 2 aliphatic heterocycles. The summed E-state index contributed by atoms with van der Waals surface area (Å²) in [5, 5.41) is 18.5. The number of phosphoric acid groups is 1. The number of aromatic nitrogens is 1. The highest BCUT2D eigenvalue weighted by Gasteiger charge is 2.37. The molecule has 0 aliphatic carbocycles. The number of primary amides is 1. The monoisotopic (exact) mass is 1050 g/mol. The Kier molecular flexibility index (Phi) is 17.5. The molecule has 0 spiro atoms. The molecule has 0 fully saturated rings. The van der Waals surface area contributed by atoms with Crippen molar-refractivity contribution < 1.29 is 57.2 Å². The van der Waals surface area contributed by atoms with Gasteiger partial charge in [-0.05, 0) is 84.7 Å². The van der Waals surface area contributed by atoms with Gasteiger partial charge in [0.15, 0.2) is 0 Å². The van der Waals surface area contributed by atoms with Gasteiger partial charge in [-0.15, -0.1) is 11.6 Å². The lowest BCUT2D eigenvalue weighted by molar-refractivity contribution is -0.137. The normalized spacial score (nSPS) is 15.0. The van der Waals surface area contributed by atoms with E-state index in [2.05, 4.69) is 36.9 Å². The van der Waals surface area contributed by atoms with Gasteiger partial charge in [0, 0.05) is 102 Å². The summed E-state index contributed by atoms with van der Waals surface area (Å²) in [7, 11) is -4.96. The van der Waals surface area contributed by atoms with Crippen LogP contribution in [0.15, 0.2) is 91.0 Å². The first-order valence-corrected chi connectivity index (χ1v) is 25.8. The number of alkyl halides is 1. The summed E-state index contributed by atoms with van der Waals surface area (Å²) in [4.78, 5) is 127. The Morgan fingerprint density at radius 1 is 0.851 bits per heavy atom. The number of urea groups is 1. The number of benzene rings is 4. The smallest absolute Gasteiger partial charge is 0.404 e. The Morgan fingerprint density at radius 2 is 1.55 bits per heavy atom. The SMILES string of the molecule is CC(C)[C@H](NCCNC(=O)CCCN1C(=O)C=CC1=O)C(=O)N[C@@H](CCCNC(N)=O)C(=O)Nc1ccc(C(=O)Nc2ccc3[nH]c(C(=O)N4C[C@@H](CCl)c5c4cc(OP(=O)(O)O)c4ccccc54)cc3c2)cc1. The Labute approximate surface area is 429 Å². The first kappa shape index (κ1) is 54.2. The number of hydrogen-bond donors (Lipinski definition) is 10. The van der Waals surface area contributed by atoms with Crippen LogP contribution in [0.2, 0.25) is 0 Å². The molecule has 4 aromatic carbocycles. The van der Waals surface area contributed by atoms with Crippen molar-refractivity contribution in [2.24, 2.45) is 11.7 Å². The first-order valence-electron chi connectivity index (χ1n) is 23.7. The number of halogens is 1. The molecule has 22 nitrogen and oxygen atoms in total. The number of carbonyl (C=O) groups is 8. The number of nitrogens with zero attached hydrogens (tertiary/aromatic N) is 2. The Balaban J connectivity index is 0.948. The van der Waals surface area contributed by atoms with Crippen LogP contribution in [0.3, 0.4) is 0 Å². The Hall–Kier alpha value is -7.62. The Morgan fingerprint density at radius 3 is 2.23 bits per heavy atom. The molecule has 1 aromatic heterocycles. The predicted octanol–water partition coefficient (Wildman–Crippen LogP) is 4.34. The molecule has 7 rings (SSSR count). The number of anilines is 3. The number of phosphoric ester groups is 1. The number of carbonyl (C=O) groups excluding carboxylic acids is 8. The third-order valence-electron chi connectivity index (χ3n) is 12.3. The average molecular weight is 1060 g/mol. The van der Waals surface area contributed by atoms with Gasteiger partial charge < -0.3 is 52.0 Å². The van der Waals surface area contributed by atoms with E-state index in [1.807, 2.05) is 13.8 Å². The minimum absolute atomic E-state index is 0.0824. The molecule has 390 valence electrons. The molecule has 3 atom stereocenters. The van der Waals surface area contributed by atoms with Crippen LogP contribution in [0.5, 0.6) is 5.75 Å². The van der Waals surface area contributed by atoms with Crippen LogP contribution in [0, 0.1) is 5.92 Å². The summed E-state index contributed by atoms with van der Waals surface area (Å²) in [6.45, 7) is 4.49. The van der Waals surface area contributed by atoms with Crippen LogP contribution < -0.4 is 47.1 Å². The molecule has 24 heteroatoms. The largest absolute Gasteiger partial charge is 0.524 e. The highest BCUT2D eigenvalue weighted by atomic mass is 35.5. The standard InChI is InChI=1S/C50H56ClN10O12P/c1-28(2)45(54-21-20-53-41(62)10-6-22-60-42(63)17-18-43(60)64)48(67)59-37(9-5-19-55-50(52)69)47(66)56-32-13-11-29(12-14-32)46(65)57-33-15-16-36-30(23-33)24-38(58-36)49(68)61-27-31(26-51)44-35-8-4-3-7-34(35)40(25-39(44)61)73-74(70,71)72/h3-4,7-8,11-18,23-25,28,31,37,45,54,58H,5-6,9-10,19-22,26-27H2,1-2H3,(H,53,62)(H,56,66)(H,57,65)(H,59,67)(H3,52,55,69)(H2,70,71,72)/t31-,37+,45+/m1/s1. The fourth-order valence-electron chi connectivity index (χ4n) is 8.79. The zero-order valence-corrected chi connectivity index (χ0v) is 42.0. The molecule has 2 aliphatic rings. The lowest BCUT2D eigenvalue weighted by Gasteiger charge is -2.25. The zero-order chi connectivity index (χ0) is 53.3. The number of H-pyrrole nitrogens is 1. The number of rotatable bonds is 23. The van der Waals surface area contributed by atoms with Crippen molar-refractivity contribution >= 4 is 106 Å². The highest BCUT2D eigenvalue weighted by Crippen LogP contribution is 2.49. The van der Waals surface area contributed by atoms with E-state index in [0.29, 0.717) is 38.7 Å². The minimum Gasteiger partial charge on any atom is -0.404 e. The number of fused-ring (bicyclic) bond motifs is 4. The molecule has 5 aromatic rings. The van der Waals surface area contributed by atoms with Gasteiger partial charge in [0.05, 0.1) is 11.7 Å². The highest BCUT2D eigenvalue weighted by molar-refractivity contribution is 7.46. The Bertz CT molecular complexity index is 3050. The third-order valence-corrected chi connectivity index (χ3v) is 13.2.